The molecule has 1 N–H and O–H groups in total. The molecule has 1 heterocycles. The van der Waals surface area contributed by atoms with Gasteiger partial charge in [-0.05, 0) is 57.6 Å². The van der Waals surface area contributed by atoms with Gasteiger partial charge in [-0.15, -0.1) is 0 Å². The predicted octanol–water partition coefficient (Wildman–Crippen LogP) is 5.23. The monoisotopic (exact) mass is 349 g/mol. The summed E-state index contributed by atoms with van der Waals surface area (Å²) in [6, 6.07) is 13.1. The second-order valence-corrected chi connectivity index (χ2v) is 7.18. The van der Waals surface area contributed by atoms with Gasteiger partial charge in [0.15, 0.2) is 4.67 Å². The second-order valence-electron chi connectivity index (χ2n) is 6.40. The molecule has 0 aliphatic heterocycles. The van der Waals surface area contributed by atoms with Crippen molar-refractivity contribution in [2.24, 2.45) is 0 Å². The van der Waals surface area contributed by atoms with E-state index in [0.29, 0.717) is 0 Å². The van der Waals surface area contributed by atoms with Crippen LogP contribution in [0.5, 0.6) is 0 Å². The van der Waals surface area contributed by atoms with Gasteiger partial charge >= 0.3 is 0 Å². The molecule has 2 rings (SSSR count). The van der Waals surface area contributed by atoms with Crippen LogP contribution in [0.1, 0.15) is 50.6 Å². The van der Waals surface area contributed by atoms with Crippen LogP contribution in [0, 0.1) is 0 Å². The normalized spacial score (nSPS) is 13.4. The van der Waals surface area contributed by atoms with E-state index >= 15 is 0 Å². The topological polar surface area (TPSA) is 25.2 Å². The minimum Gasteiger partial charge on any atom is -0.453 e. The van der Waals surface area contributed by atoms with Crippen molar-refractivity contribution in [3.8, 4) is 0 Å². The summed E-state index contributed by atoms with van der Waals surface area (Å²) in [5, 5.41) is 3.49. The average Bonchev–Trinajstić information content (AvgIpc) is 2.84. The maximum atomic E-state index is 5.70. The Morgan fingerprint density at radius 2 is 1.76 bits per heavy atom. The predicted molar refractivity (Wildman–Crippen MR) is 91.7 cm³/mol. The van der Waals surface area contributed by atoms with Gasteiger partial charge in [0.05, 0.1) is 6.04 Å². The zero-order valence-electron chi connectivity index (χ0n) is 13.2. The van der Waals surface area contributed by atoms with Gasteiger partial charge in [0.25, 0.3) is 0 Å². The highest BCUT2D eigenvalue weighted by Gasteiger charge is 2.16. The Labute approximate surface area is 136 Å². The van der Waals surface area contributed by atoms with Crippen molar-refractivity contribution in [3.05, 3.63) is 58.0 Å². The lowest BCUT2D eigenvalue weighted by atomic mass is 9.86. The zero-order chi connectivity index (χ0) is 15.5. The fraction of sp³-hybridized carbons (Fsp3) is 0.444. The Morgan fingerprint density at radius 3 is 2.24 bits per heavy atom. The van der Waals surface area contributed by atoms with Crippen molar-refractivity contribution in [1.29, 1.82) is 0 Å². The van der Waals surface area contributed by atoms with E-state index in [1.54, 1.807) is 0 Å². The van der Waals surface area contributed by atoms with E-state index in [9.17, 15) is 0 Å². The maximum Gasteiger partial charge on any atom is 0.169 e. The van der Waals surface area contributed by atoms with Crippen LogP contribution in [0.25, 0.3) is 0 Å². The summed E-state index contributed by atoms with van der Waals surface area (Å²) in [6.45, 7) is 9.76. The van der Waals surface area contributed by atoms with E-state index in [2.05, 4.69) is 73.2 Å². The number of likely N-dealkylation sites (N-methyl/N-ethyl adjacent to an activating group) is 1. The summed E-state index contributed by atoms with van der Waals surface area (Å²) in [5.74, 6) is 0.976. The Balaban J connectivity index is 2.14. The molecule has 3 heteroatoms. The number of rotatable bonds is 5. The summed E-state index contributed by atoms with van der Waals surface area (Å²) in [5.41, 5.74) is 2.89. The Kier molecular flexibility index (Phi) is 5.28. The molecule has 1 unspecified atom stereocenters. The van der Waals surface area contributed by atoms with Gasteiger partial charge in [0, 0.05) is 0 Å². The molecule has 0 bridgehead atoms. The highest BCUT2D eigenvalue weighted by molar-refractivity contribution is 9.10. The molecule has 1 aromatic heterocycles. The molecule has 1 atom stereocenters. The Hall–Kier alpha value is -1.06. The molecule has 0 amide bonds. The van der Waals surface area contributed by atoms with Crippen molar-refractivity contribution in [2.75, 3.05) is 6.54 Å². The molecule has 2 aromatic rings. The summed E-state index contributed by atoms with van der Waals surface area (Å²) in [7, 11) is 0. The lowest BCUT2D eigenvalue weighted by Gasteiger charge is -2.20. The van der Waals surface area contributed by atoms with E-state index in [1.165, 1.54) is 11.1 Å². The first kappa shape index (κ1) is 16.3. The van der Waals surface area contributed by atoms with Crippen LogP contribution in [0.2, 0.25) is 0 Å². The molecule has 1 aromatic carbocycles. The first-order chi connectivity index (χ1) is 9.90. The summed E-state index contributed by atoms with van der Waals surface area (Å²) in [4.78, 5) is 0. The molecule has 21 heavy (non-hydrogen) atoms. The largest absolute Gasteiger partial charge is 0.453 e. The van der Waals surface area contributed by atoms with Gasteiger partial charge in [-0.25, -0.2) is 0 Å². The zero-order valence-corrected chi connectivity index (χ0v) is 14.8. The van der Waals surface area contributed by atoms with E-state index in [4.69, 9.17) is 4.42 Å². The second kappa shape index (κ2) is 6.80. The van der Waals surface area contributed by atoms with Crippen molar-refractivity contribution in [1.82, 2.24) is 5.32 Å². The van der Waals surface area contributed by atoms with Crippen molar-refractivity contribution >= 4 is 15.9 Å². The van der Waals surface area contributed by atoms with Gasteiger partial charge in [0.2, 0.25) is 0 Å². The molecule has 0 saturated heterocycles. The van der Waals surface area contributed by atoms with Crippen LogP contribution >= 0.6 is 15.9 Å². The van der Waals surface area contributed by atoms with Crippen molar-refractivity contribution in [3.63, 3.8) is 0 Å². The minimum absolute atomic E-state index is 0.200. The van der Waals surface area contributed by atoms with Crippen LogP contribution in [-0.2, 0) is 11.8 Å². The van der Waals surface area contributed by atoms with Crippen molar-refractivity contribution < 1.29 is 4.42 Å². The molecular weight excluding hydrogens is 326 g/mol. The SMILES string of the molecule is CCNC(Cc1ccc(C(C)(C)C)cc1)c1ccc(Br)o1. The van der Waals surface area contributed by atoms with Gasteiger partial charge in [-0.2, -0.15) is 0 Å². The van der Waals surface area contributed by atoms with Gasteiger partial charge in [0.1, 0.15) is 5.76 Å². The lowest BCUT2D eigenvalue weighted by molar-refractivity contribution is 0.405. The number of hydrogen-bond donors (Lipinski definition) is 1. The number of nitrogens with one attached hydrogen (secondary N) is 1. The molecular formula is C18H24BrNO. The third-order valence-electron chi connectivity index (χ3n) is 3.65. The first-order valence-electron chi connectivity index (χ1n) is 7.48. The number of hydrogen-bond acceptors (Lipinski definition) is 2. The molecule has 2 nitrogen and oxygen atoms in total. The molecule has 0 saturated carbocycles. The molecule has 0 fully saturated rings. The standard InChI is InChI=1S/C18H24BrNO/c1-5-20-15(16-10-11-17(19)21-16)12-13-6-8-14(9-7-13)18(2,3)4/h6-11,15,20H,5,12H2,1-4H3. The molecule has 0 spiro atoms. The highest BCUT2D eigenvalue weighted by atomic mass is 79.9. The first-order valence-corrected chi connectivity index (χ1v) is 8.27. The minimum atomic E-state index is 0.200. The van der Waals surface area contributed by atoms with E-state index < -0.39 is 0 Å². The lowest BCUT2D eigenvalue weighted by Crippen LogP contribution is -2.22. The summed E-state index contributed by atoms with van der Waals surface area (Å²) in [6.07, 6.45) is 0.929. The van der Waals surface area contributed by atoms with E-state index in [0.717, 1.165) is 23.4 Å². The smallest absolute Gasteiger partial charge is 0.169 e. The van der Waals surface area contributed by atoms with E-state index in [1.807, 2.05) is 12.1 Å². The van der Waals surface area contributed by atoms with Gasteiger partial charge in [-0.3, -0.25) is 0 Å². The third kappa shape index (κ3) is 4.45. The fourth-order valence-corrected chi connectivity index (χ4v) is 2.73. The van der Waals surface area contributed by atoms with Crippen molar-refractivity contribution in [2.45, 2.75) is 45.6 Å². The van der Waals surface area contributed by atoms with Crippen LogP contribution in [0.15, 0.2) is 45.5 Å². The third-order valence-corrected chi connectivity index (χ3v) is 4.07. The average molecular weight is 350 g/mol. The molecule has 0 aliphatic carbocycles. The highest BCUT2D eigenvalue weighted by Crippen LogP contribution is 2.26. The Bertz CT molecular complexity index is 566. The Morgan fingerprint density at radius 1 is 1.10 bits per heavy atom. The quantitative estimate of drug-likeness (QED) is 0.798. The number of benzene rings is 1. The van der Waals surface area contributed by atoms with E-state index in [-0.39, 0.29) is 11.5 Å². The molecule has 0 radical (unpaired) electrons. The number of halogens is 1. The maximum absolute atomic E-state index is 5.70. The number of furan rings is 1. The molecule has 114 valence electrons. The van der Waals surface area contributed by atoms with Gasteiger partial charge in [-0.1, -0.05) is 52.0 Å². The van der Waals surface area contributed by atoms with Gasteiger partial charge < -0.3 is 9.73 Å². The summed E-state index contributed by atoms with van der Waals surface area (Å²) < 4.78 is 6.48. The van der Waals surface area contributed by atoms with Crippen LogP contribution in [0.3, 0.4) is 0 Å². The van der Waals surface area contributed by atoms with Crippen LogP contribution in [0.4, 0.5) is 0 Å². The van der Waals surface area contributed by atoms with Crippen LogP contribution < -0.4 is 5.32 Å². The molecule has 0 aliphatic rings. The van der Waals surface area contributed by atoms with Crippen LogP contribution in [-0.4, -0.2) is 6.54 Å². The summed E-state index contributed by atoms with van der Waals surface area (Å²) >= 11 is 3.37. The fourth-order valence-electron chi connectivity index (χ4n) is 2.41.